The number of aryl methyl sites for hydroxylation is 2. The zero-order valence-electron chi connectivity index (χ0n) is 14.9. The molecule has 1 aromatic heterocycles. The Morgan fingerprint density at radius 3 is 2.52 bits per heavy atom. The lowest BCUT2D eigenvalue weighted by Crippen LogP contribution is -2.48. The van der Waals surface area contributed by atoms with Crippen molar-refractivity contribution in [1.29, 1.82) is 0 Å². The predicted molar refractivity (Wildman–Crippen MR) is 102 cm³/mol. The van der Waals surface area contributed by atoms with E-state index in [1.807, 2.05) is 16.5 Å². The number of carbonyl (C=O) groups is 1. The van der Waals surface area contributed by atoms with Crippen LogP contribution >= 0.6 is 15.9 Å². The van der Waals surface area contributed by atoms with Crippen LogP contribution in [0.3, 0.4) is 0 Å². The van der Waals surface area contributed by atoms with Gasteiger partial charge in [-0.2, -0.15) is 5.10 Å². The van der Waals surface area contributed by atoms with Gasteiger partial charge in [-0.1, -0.05) is 24.3 Å². The monoisotopic (exact) mass is 404 g/mol. The first-order valence-electron chi connectivity index (χ1n) is 8.77. The molecule has 3 rings (SSSR count). The number of carbonyl (C=O) groups excluding carboxylic acids is 1. The first-order chi connectivity index (χ1) is 12.0. The van der Waals surface area contributed by atoms with Crippen LogP contribution in [0.15, 0.2) is 34.9 Å². The number of hydrogen-bond acceptors (Lipinski definition) is 3. The average molecular weight is 405 g/mol. The van der Waals surface area contributed by atoms with Crippen LogP contribution in [-0.4, -0.2) is 51.7 Å². The first kappa shape index (κ1) is 18.1. The minimum Gasteiger partial charge on any atom is -0.340 e. The lowest BCUT2D eigenvalue weighted by atomic mass is 10.1. The second-order valence-electron chi connectivity index (χ2n) is 6.63. The summed E-state index contributed by atoms with van der Waals surface area (Å²) >= 11 is 3.45. The normalized spacial score (nSPS) is 15.6. The minimum atomic E-state index is 0.224. The lowest BCUT2D eigenvalue weighted by Gasteiger charge is -2.35. The lowest BCUT2D eigenvalue weighted by molar-refractivity contribution is -0.133. The van der Waals surface area contributed by atoms with E-state index in [1.54, 1.807) is 6.20 Å². The Bertz CT molecular complexity index is 735. The largest absolute Gasteiger partial charge is 0.340 e. The number of amides is 1. The molecule has 1 saturated heterocycles. The zero-order valence-corrected chi connectivity index (χ0v) is 16.5. The van der Waals surface area contributed by atoms with Crippen molar-refractivity contribution in [2.45, 2.75) is 33.4 Å². The summed E-state index contributed by atoms with van der Waals surface area (Å²) < 4.78 is 2.88. The van der Waals surface area contributed by atoms with Crippen LogP contribution in [0.25, 0.3) is 0 Å². The van der Waals surface area contributed by atoms with Gasteiger partial charge in [0.2, 0.25) is 5.91 Å². The molecule has 0 spiro atoms. The topological polar surface area (TPSA) is 41.4 Å². The van der Waals surface area contributed by atoms with Crippen molar-refractivity contribution >= 4 is 21.8 Å². The second kappa shape index (κ2) is 8.15. The van der Waals surface area contributed by atoms with Crippen LogP contribution in [0.2, 0.25) is 0 Å². The fourth-order valence-electron chi connectivity index (χ4n) is 3.19. The molecule has 1 aliphatic heterocycles. The van der Waals surface area contributed by atoms with Gasteiger partial charge < -0.3 is 4.90 Å². The maximum absolute atomic E-state index is 12.5. The molecule has 2 heterocycles. The third-order valence-electron chi connectivity index (χ3n) is 4.96. The van der Waals surface area contributed by atoms with Crippen LogP contribution in [0, 0.1) is 13.8 Å². The highest BCUT2D eigenvalue weighted by molar-refractivity contribution is 9.10. The summed E-state index contributed by atoms with van der Waals surface area (Å²) in [4.78, 5) is 16.9. The van der Waals surface area contributed by atoms with Crippen molar-refractivity contribution < 1.29 is 4.79 Å². The standard InChI is InChI=1S/C19H25BrN4O/c1-15-5-3-4-6-17(15)14-22-9-11-23(12-10-22)19(25)7-8-24-16(2)18(20)13-21-24/h3-6,13H,7-12,14H2,1-2H3. The number of benzene rings is 1. The van der Waals surface area contributed by atoms with Crippen molar-refractivity contribution in [3.05, 3.63) is 51.8 Å². The van der Waals surface area contributed by atoms with Crippen molar-refractivity contribution in [3.8, 4) is 0 Å². The van der Waals surface area contributed by atoms with Gasteiger partial charge in [-0.3, -0.25) is 14.4 Å². The average Bonchev–Trinajstić information content (AvgIpc) is 2.94. The van der Waals surface area contributed by atoms with Crippen molar-refractivity contribution in [3.63, 3.8) is 0 Å². The van der Waals surface area contributed by atoms with E-state index in [9.17, 15) is 4.79 Å². The minimum absolute atomic E-state index is 0.224. The summed E-state index contributed by atoms with van der Waals surface area (Å²) in [5.41, 5.74) is 3.78. The highest BCUT2D eigenvalue weighted by Gasteiger charge is 2.21. The van der Waals surface area contributed by atoms with E-state index in [2.05, 4.69) is 57.1 Å². The van der Waals surface area contributed by atoms with Gasteiger partial charge in [0, 0.05) is 51.4 Å². The van der Waals surface area contributed by atoms with Crippen molar-refractivity contribution in [2.75, 3.05) is 26.2 Å². The predicted octanol–water partition coefficient (Wildman–Crippen LogP) is 3.00. The maximum atomic E-state index is 12.5. The maximum Gasteiger partial charge on any atom is 0.224 e. The van der Waals surface area contributed by atoms with E-state index in [1.165, 1.54) is 11.1 Å². The summed E-state index contributed by atoms with van der Waals surface area (Å²) in [6.45, 7) is 9.27. The van der Waals surface area contributed by atoms with Crippen LogP contribution in [0.4, 0.5) is 0 Å². The Kier molecular flexibility index (Phi) is 5.91. The van der Waals surface area contributed by atoms with Crippen LogP contribution in [-0.2, 0) is 17.9 Å². The quantitative estimate of drug-likeness (QED) is 0.768. The summed E-state index contributed by atoms with van der Waals surface area (Å²) in [6.07, 6.45) is 2.29. The smallest absolute Gasteiger partial charge is 0.224 e. The number of nitrogens with zero attached hydrogens (tertiary/aromatic N) is 4. The Morgan fingerprint density at radius 1 is 1.16 bits per heavy atom. The molecule has 1 aliphatic rings. The van der Waals surface area contributed by atoms with Crippen molar-refractivity contribution in [2.24, 2.45) is 0 Å². The third kappa shape index (κ3) is 4.50. The first-order valence-corrected chi connectivity index (χ1v) is 9.56. The van der Waals surface area contributed by atoms with Gasteiger partial charge in [-0.25, -0.2) is 0 Å². The molecular formula is C19H25BrN4O. The summed E-state index contributed by atoms with van der Waals surface area (Å²) in [6, 6.07) is 8.52. The number of hydrogen-bond donors (Lipinski definition) is 0. The molecule has 0 unspecified atom stereocenters. The molecule has 134 valence electrons. The molecule has 6 heteroatoms. The van der Waals surface area contributed by atoms with E-state index in [4.69, 9.17) is 0 Å². The molecule has 0 radical (unpaired) electrons. The number of piperazine rings is 1. The van der Waals surface area contributed by atoms with E-state index >= 15 is 0 Å². The van der Waals surface area contributed by atoms with Gasteiger partial charge in [0.25, 0.3) is 0 Å². The molecule has 1 amide bonds. The molecule has 0 N–H and O–H groups in total. The van der Waals surface area contributed by atoms with Crippen LogP contribution in [0.5, 0.6) is 0 Å². The van der Waals surface area contributed by atoms with E-state index in [0.29, 0.717) is 13.0 Å². The van der Waals surface area contributed by atoms with Gasteiger partial charge in [0.05, 0.1) is 10.7 Å². The number of halogens is 1. The molecule has 0 atom stereocenters. The summed E-state index contributed by atoms with van der Waals surface area (Å²) in [7, 11) is 0. The number of rotatable bonds is 5. The highest BCUT2D eigenvalue weighted by Crippen LogP contribution is 2.16. The summed E-state index contributed by atoms with van der Waals surface area (Å²) in [5, 5.41) is 4.29. The molecule has 0 saturated carbocycles. The highest BCUT2D eigenvalue weighted by atomic mass is 79.9. The zero-order chi connectivity index (χ0) is 17.8. The van der Waals surface area contributed by atoms with Crippen LogP contribution in [0.1, 0.15) is 23.2 Å². The summed E-state index contributed by atoms with van der Waals surface area (Å²) in [5.74, 6) is 0.224. The Balaban J connectivity index is 1.46. The Hall–Kier alpha value is -1.66. The molecule has 1 fully saturated rings. The van der Waals surface area contributed by atoms with Crippen molar-refractivity contribution in [1.82, 2.24) is 19.6 Å². The van der Waals surface area contributed by atoms with Crippen LogP contribution < -0.4 is 0 Å². The van der Waals surface area contributed by atoms with Gasteiger partial charge in [-0.15, -0.1) is 0 Å². The van der Waals surface area contributed by atoms with E-state index in [-0.39, 0.29) is 5.91 Å². The molecule has 0 bridgehead atoms. The Labute approximate surface area is 157 Å². The van der Waals surface area contributed by atoms with Gasteiger partial charge >= 0.3 is 0 Å². The van der Waals surface area contributed by atoms with Gasteiger partial charge in [-0.05, 0) is 40.9 Å². The van der Waals surface area contributed by atoms with E-state index in [0.717, 1.165) is 42.9 Å². The van der Waals surface area contributed by atoms with Gasteiger partial charge in [0.15, 0.2) is 0 Å². The SMILES string of the molecule is Cc1ccccc1CN1CCN(C(=O)CCn2ncc(Br)c2C)CC1. The number of aromatic nitrogens is 2. The molecule has 1 aromatic carbocycles. The van der Waals surface area contributed by atoms with Gasteiger partial charge in [0.1, 0.15) is 0 Å². The molecule has 2 aromatic rings. The fraction of sp³-hybridized carbons (Fsp3) is 0.474. The second-order valence-corrected chi connectivity index (χ2v) is 7.49. The fourth-order valence-corrected chi connectivity index (χ4v) is 3.49. The molecule has 5 nitrogen and oxygen atoms in total. The Morgan fingerprint density at radius 2 is 1.88 bits per heavy atom. The molecule has 0 aliphatic carbocycles. The third-order valence-corrected chi connectivity index (χ3v) is 5.74. The molecular weight excluding hydrogens is 380 g/mol. The molecule has 25 heavy (non-hydrogen) atoms. The van der Waals surface area contributed by atoms with E-state index < -0.39 is 0 Å².